The largest absolute Gasteiger partial charge is 0.338 e. The molecule has 0 bridgehead atoms. The van der Waals surface area contributed by atoms with Crippen LogP contribution in [0.2, 0.25) is 0 Å². The molecule has 0 aromatic carbocycles. The molecule has 1 saturated heterocycles. The fourth-order valence-corrected chi connectivity index (χ4v) is 2.54. The van der Waals surface area contributed by atoms with Crippen LogP contribution in [0.5, 0.6) is 0 Å². The highest BCUT2D eigenvalue weighted by Gasteiger charge is 2.27. The maximum atomic E-state index is 12.2. The fourth-order valence-electron chi connectivity index (χ4n) is 2.54. The molecule has 1 unspecified atom stereocenters. The van der Waals surface area contributed by atoms with Gasteiger partial charge in [-0.05, 0) is 25.7 Å². The molecule has 0 aromatic heterocycles. The highest BCUT2D eigenvalue weighted by Crippen LogP contribution is 2.20. The van der Waals surface area contributed by atoms with E-state index in [9.17, 15) is 4.79 Å². The highest BCUT2D eigenvalue weighted by atomic mass is 16.2. The third-order valence-electron chi connectivity index (χ3n) is 3.55. The van der Waals surface area contributed by atoms with Crippen molar-refractivity contribution >= 4 is 5.91 Å². The Morgan fingerprint density at radius 3 is 2.75 bits per heavy atom. The van der Waals surface area contributed by atoms with Crippen molar-refractivity contribution in [1.29, 1.82) is 0 Å². The molecule has 1 aliphatic rings. The molecule has 2 atom stereocenters. The Morgan fingerprint density at radius 1 is 1.38 bits per heavy atom. The number of nitrogens with two attached hydrogens (primary N) is 1. The number of carbonyl (C=O) groups excluding carboxylic acids is 1. The molecule has 1 heterocycles. The number of hydrogen-bond donors (Lipinski definition) is 1. The van der Waals surface area contributed by atoms with Gasteiger partial charge in [0.25, 0.3) is 0 Å². The van der Waals surface area contributed by atoms with Crippen LogP contribution >= 0.6 is 0 Å². The van der Waals surface area contributed by atoms with E-state index in [1.807, 2.05) is 4.90 Å². The molecule has 3 heteroatoms. The monoisotopic (exact) mass is 226 g/mol. The van der Waals surface area contributed by atoms with E-state index in [1.54, 1.807) is 0 Å². The van der Waals surface area contributed by atoms with Gasteiger partial charge in [0.1, 0.15) is 0 Å². The Bertz CT molecular complexity index is 218. The van der Waals surface area contributed by atoms with E-state index >= 15 is 0 Å². The molecule has 3 nitrogen and oxygen atoms in total. The predicted molar refractivity (Wildman–Crippen MR) is 67.1 cm³/mol. The topological polar surface area (TPSA) is 46.3 Å². The zero-order valence-electron chi connectivity index (χ0n) is 10.7. The summed E-state index contributed by atoms with van der Waals surface area (Å²) in [6.45, 7) is 5.16. The summed E-state index contributed by atoms with van der Waals surface area (Å²) in [5, 5.41) is 0. The van der Waals surface area contributed by atoms with E-state index < -0.39 is 0 Å². The summed E-state index contributed by atoms with van der Waals surface area (Å²) < 4.78 is 0. The van der Waals surface area contributed by atoms with E-state index in [-0.39, 0.29) is 11.9 Å². The lowest BCUT2D eigenvalue weighted by atomic mass is 10.1. The minimum absolute atomic E-state index is 0.176. The van der Waals surface area contributed by atoms with Crippen molar-refractivity contribution in [3.8, 4) is 0 Å². The lowest BCUT2D eigenvalue weighted by Gasteiger charge is -2.31. The second-order valence-electron chi connectivity index (χ2n) is 4.84. The molecule has 0 radical (unpaired) electrons. The second-order valence-corrected chi connectivity index (χ2v) is 4.84. The predicted octanol–water partition coefficient (Wildman–Crippen LogP) is 2.29. The quantitative estimate of drug-likeness (QED) is 0.799. The molecule has 2 N–H and O–H groups in total. The molecule has 0 spiro atoms. The molecular formula is C13H26N2O. The van der Waals surface area contributed by atoms with Gasteiger partial charge in [0, 0.05) is 12.6 Å². The van der Waals surface area contributed by atoms with Gasteiger partial charge in [0.15, 0.2) is 0 Å². The first-order chi connectivity index (χ1) is 7.70. The van der Waals surface area contributed by atoms with E-state index in [4.69, 9.17) is 5.73 Å². The number of carbonyl (C=O) groups is 1. The zero-order chi connectivity index (χ0) is 12.0. The standard InChI is InChI=1S/C13H26N2O/c1-3-8-12(14)13(16)15-10-7-5-6-9-11(15)4-2/h11-12H,3-10,14H2,1-2H3/t11?,12-/m1/s1. The Morgan fingerprint density at radius 2 is 2.12 bits per heavy atom. The minimum Gasteiger partial charge on any atom is -0.338 e. The Kier molecular flexibility index (Phi) is 5.81. The van der Waals surface area contributed by atoms with E-state index in [1.165, 1.54) is 12.8 Å². The SMILES string of the molecule is CCC[C@@H](N)C(=O)N1CCCCCC1CC. The summed E-state index contributed by atoms with van der Waals surface area (Å²) in [5.74, 6) is 0.176. The van der Waals surface area contributed by atoms with Crippen LogP contribution in [0.4, 0.5) is 0 Å². The Labute approximate surface area is 99.4 Å². The molecule has 1 amide bonds. The molecule has 94 valence electrons. The zero-order valence-corrected chi connectivity index (χ0v) is 10.7. The maximum absolute atomic E-state index is 12.2. The summed E-state index contributed by atoms with van der Waals surface area (Å²) in [6, 6.07) is 0.148. The molecule has 16 heavy (non-hydrogen) atoms. The van der Waals surface area contributed by atoms with Crippen LogP contribution in [0.3, 0.4) is 0 Å². The normalized spacial score (nSPS) is 23.9. The van der Waals surface area contributed by atoms with Crippen molar-refractivity contribution in [2.45, 2.75) is 70.9 Å². The van der Waals surface area contributed by atoms with Gasteiger partial charge in [-0.3, -0.25) is 4.79 Å². The Hall–Kier alpha value is -0.570. The van der Waals surface area contributed by atoms with Crippen molar-refractivity contribution in [2.75, 3.05) is 6.54 Å². The smallest absolute Gasteiger partial charge is 0.239 e. The third-order valence-corrected chi connectivity index (χ3v) is 3.55. The minimum atomic E-state index is -0.280. The molecule has 1 rings (SSSR count). The van der Waals surface area contributed by atoms with Crippen molar-refractivity contribution in [3.05, 3.63) is 0 Å². The first kappa shape index (κ1) is 13.5. The lowest BCUT2D eigenvalue weighted by Crippen LogP contribution is -2.48. The van der Waals surface area contributed by atoms with Gasteiger partial charge in [-0.25, -0.2) is 0 Å². The number of nitrogens with zero attached hydrogens (tertiary/aromatic N) is 1. The van der Waals surface area contributed by atoms with Gasteiger partial charge in [-0.15, -0.1) is 0 Å². The molecule has 0 aliphatic carbocycles. The van der Waals surface area contributed by atoms with E-state index in [2.05, 4.69) is 13.8 Å². The summed E-state index contributed by atoms with van der Waals surface area (Å²) >= 11 is 0. The van der Waals surface area contributed by atoms with E-state index in [0.29, 0.717) is 6.04 Å². The highest BCUT2D eigenvalue weighted by molar-refractivity contribution is 5.81. The molecule has 0 saturated carbocycles. The molecule has 0 aromatic rings. The summed E-state index contributed by atoms with van der Waals surface area (Å²) in [6.07, 6.45) is 7.66. The average Bonchev–Trinajstić information content (AvgIpc) is 2.53. The van der Waals surface area contributed by atoms with Gasteiger partial charge in [0.2, 0.25) is 5.91 Å². The number of amides is 1. The van der Waals surface area contributed by atoms with Crippen molar-refractivity contribution < 1.29 is 4.79 Å². The van der Waals surface area contributed by atoms with Crippen LogP contribution in [-0.4, -0.2) is 29.4 Å². The van der Waals surface area contributed by atoms with E-state index in [0.717, 1.165) is 38.6 Å². The maximum Gasteiger partial charge on any atom is 0.239 e. The van der Waals surface area contributed by atoms with Crippen LogP contribution in [0, 0.1) is 0 Å². The van der Waals surface area contributed by atoms with Crippen LogP contribution in [0.25, 0.3) is 0 Å². The van der Waals surface area contributed by atoms with Crippen molar-refractivity contribution in [1.82, 2.24) is 4.90 Å². The van der Waals surface area contributed by atoms with Gasteiger partial charge in [0.05, 0.1) is 6.04 Å². The number of likely N-dealkylation sites (tertiary alicyclic amines) is 1. The fraction of sp³-hybridized carbons (Fsp3) is 0.923. The third kappa shape index (κ3) is 3.48. The molecule has 1 fully saturated rings. The average molecular weight is 226 g/mol. The molecule has 1 aliphatic heterocycles. The van der Waals surface area contributed by atoms with Crippen LogP contribution < -0.4 is 5.73 Å². The van der Waals surface area contributed by atoms with Gasteiger partial charge in [-0.2, -0.15) is 0 Å². The second kappa shape index (κ2) is 6.89. The van der Waals surface area contributed by atoms with Gasteiger partial charge >= 0.3 is 0 Å². The summed E-state index contributed by atoms with van der Waals surface area (Å²) in [7, 11) is 0. The van der Waals surface area contributed by atoms with Crippen molar-refractivity contribution in [2.24, 2.45) is 5.73 Å². The number of hydrogen-bond acceptors (Lipinski definition) is 2. The molecular weight excluding hydrogens is 200 g/mol. The number of rotatable bonds is 4. The van der Waals surface area contributed by atoms with Crippen LogP contribution in [0.1, 0.15) is 58.8 Å². The summed E-state index contributed by atoms with van der Waals surface area (Å²) in [5.41, 5.74) is 5.94. The van der Waals surface area contributed by atoms with Gasteiger partial charge < -0.3 is 10.6 Å². The Balaban J connectivity index is 2.62. The first-order valence-corrected chi connectivity index (χ1v) is 6.76. The van der Waals surface area contributed by atoms with Crippen LogP contribution in [-0.2, 0) is 4.79 Å². The van der Waals surface area contributed by atoms with Gasteiger partial charge in [-0.1, -0.05) is 33.1 Å². The lowest BCUT2D eigenvalue weighted by molar-refractivity contribution is -0.135. The first-order valence-electron chi connectivity index (χ1n) is 6.76. The summed E-state index contributed by atoms with van der Waals surface area (Å²) in [4.78, 5) is 14.3. The van der Waals surface area contributed by atoms with Crippen LogP contribution in [0.15, 0.2) is 0 Å². The van der Waals surface area contributed by atoms with Crippen molar-refractivity contribution in [3.63, 3.8) is 0 Å².